The number of nitrogens with zero attached hydrogens (tertiary/aromatic N) is 4. The van der Waals surface area contributed by atoms with E-state index in [0.29, 0.717) is 28.9 Å². The Hall–Kier alpha value is -3.65. The summed E-state index contributed by atoms with van der Waals surface area (Å²) in [4.78, 5) is 28.4. The van der Waals surface area contributed by atoms with E-state index in [1.54, 1.807) is 18.2 Å². The highest BCUT2D eigenvalue weighted by Gasteiger charge is 2.45. The molecule has 5 aromatic rings. The van der Waals surface area contributed by atoms with Crippen LogP contribution in [-0.4, -0.2) is 31.6 Å². The summed E-state index contributed by atoms with van der Waals surface area (Å²) in [6.45, 7) is 7.82. The summed E-state index contributed by atoms with van der Waals surface area (Å²) in [5, 5.41) is 8.70. The lowest BCUT2D eigenvalue weighted by Gasteiger charge is -2.34. The number of nitrogens with one attached hydrogen (secondary N) is 2. The summed E-state index contributed by atoms with van der Waals surface area (Å²) in [5.74, 6) is 0.890. The van der Waals surface area contributed by atoms with Crippen molar-refractivity contribution >= 4 is 33.5 Å². The maximum atomic E-state index is 13.7. The predicted molar refractivity (Wildman–Crippen MR) is 160 cm³/mol. The monoisotopic (exact) mass is 552 g/mol. The van der Waals surface area contributed by atoms with Crippen LogP contribution in [0, 0.1) is 5.92 Å². The number of benzene rings is 3. The molecule has 0 aliphatic carbocycles. The molecular weight excluding hydrogens is 520 g/mol. The molecule has 204 valence electrons. The van der Waals surface area contributed by atoms with Gasteiger partial charge in [-0.2, -0.15) is 0 Å². The number of hydrogen-bond donors (Lipinski definition) is 2. The highest BCUT2D eigenvalue weighted by atomic mass is 35.5. The number of para-hydroxylation sites is 2. The average Bonchev–Trinajstić information content (AvgIpc) is 3.25. The average molecular weight is 553 g/mol. The fourth-order valence-corrected chi connectivity index (χ4v) is 5.98. The zero-order valence-electron chi connectivity index (χ0n) is 23.0. The predicted octanol–water partition coefficient (Wildman–Crippen LogP) is 5.43. The van der Waals surface area contributed by atoms with Crippen molar-refractivity contribution in [3.05, 3.63) is 111 Å². The second-order valence-corrected chi connectivity index (χ2v) is 12.0. The topological polar surface area (TPSA) is 84.7 Å². The first kappa shape index (κ1) is 26.6. The van der Waals surface area contributed by atoms with Crippen LogP contribution >= 0.6 is 11.6 Å². The minimum atomic E-state index is -0.565. The molecule has 1 aliphatic rings. The van der Waals surface area contributed by atoms with E-state index in [4.69, 9.17) is 26.6 Å². The maximum Gasteiger partial charge on any atom is 0.261 e. The normalized spacial score (nSPS) is 19.3. The molecular formula is C32H33ClN6O. The number of fused-ring (bicyclic) bond motifs is 2. The first-order valence-corrected chi connectivity index (χ1v) is 14.1. The molecule has 8 heteroatoms. The van der Waals surface area contributed by atoms with E-state index in [0.717, 1.165) is 41.1 Å². The Kier molecular flexibility index (Phi) is 6.90. The van der Waals surface area contributed by atoms with Crippen molar-refractivity contribution in [2.24, 2.45) is 5.92 Å². The quantitative estimate of drug-likeness (QED) is 0.280. The molecule has 0 saturated carbocycles. The lowest BCUT2D eigenvalue weighted by molar-refractivity contribution is 0.235. The molecule has 0 spiro atoms. The smallest absolute Gasteiger partial charge is 0.261 e. The van der Waals surface area contributed by atoms with Gasteiger partial charge in [0.2, 0.25) is 0 Å². The molecule has 3 aromatic carbocycles. The molecule has 2 unspecified atom stereocenters. The number of aromatic nitrogens is 4. The lowest BCUT2D eigenvalue weighted by atomic mass is 9.90. The van der Waals surface area contributed by atoms with Crippen LogP contribution in [0.3, 0.4) is 0 Å². The SMILES string of the molecule is CC(Cc1nc2cc(Cl)ccc2c(=O)n1Cc1ccccc1)CC1(c2cnc3ccccc3n2)NCC(C)(C)N1. The van der Waals surface area contributed by atoms with Gasteiger partial charge in [-0.3, -0.25) is 25.0 Å². The van der Waals surface area contributed by atoms with Crippen LogP contribution in [0.2, 0.25) is 5.02 Å². The molecule has 0 radical (unpaired) electrons. The molecule has 0 amide bonds. The van der Waals surface area contributed by atoms with Crippen molar-refractivity contribution < 1.29 is 0 Å². The van der Waals surface area contributed by atoms with Gasteiger partial charge in [-0.1, -0.05) is 61.0 Å². The largest absolute Gasteiger partial charge is 0.292 e. The van der Waals surface area contributed by atoms with Crippen molar-refractivity contribution in [1.29, 1.82) is 0 Å². The van der Waals surface area contributed by atoms with E-state index >= 15 is 0 Å². The van der Waals surface area contributed by atoms with Gasteiger partial charge in [0.25, 0.3) is 5.56 Å². The zero-order valence-corrected chi connectivity index (χ0v) is 23.7. The van der Waals surface area contributed by atoms with Gasteiger partial charge in [0.05, 0.1) is 40.4 Å². The van der Waals surface area contributed by atoms with Crippen LogP contribution in [0.5, 0.6) is 0 Å². The highest BCUT2D eigenvalue weighted by molar-refractivity contribution is 6.31. The molecule has 0 bridgehead atoms. The second kappa shape index (κ2) is 10.4. The van der Waals surface area contributed by atoms with E-state index in [1.807, 2.05) is 65.4 Å². The Balaban J connectivity index is 1.37. The van der Waals surface area contributed by atoms with Gasteiger partial charge in [-0.15, -0.1) is 0 Å². The molecule has 40 heavy (non-hydrogen) atoms. The maximum absolute atomic E-state index is 13.7. The van der Waals surface area contributed by atoms with E-state index in [-0.39, 0.29) is 17.0 Å². The third kappa shape index (κ3) is 5.24. The van der Waals surface area contributed by atoms with E-state index < -0.39 is 5.66 Å². The molecule has 1 aliphatic heterocycles. The zero-order chi connectivity index (χ0) is 27.9. The third-order valence-corrected chi connectivity index (χ3v) is 7.87. The van der Waals surface area contributed by atoms with Crippen molar-refractivity contribution in [2.45, 2.75) is 51.4 Å². The number of rotatable bonds is 7. The Morgan fingerprint density at radius 3 is 2.48 bits per heavy atom. The molecule has 1 saturated heterocycles. The minimum Gasteiger partial charge on any atom is -0.292 e. The van der Waals surface area contributed by atoms with Crippen LogP contribution in [0.15, 0.2) is 83.8 Å². The molecule has 7 nitrogen and oxygen atoms in total. The van der Waals surface area contributed by atoms with Crippen molar-refractivity contribution in [2.75, 3.05) is 6.54 Å². The van der Waals surface area contributed by atoms with Gasteiger partial charge < -0.3 is 0 Å². The summed E-state index contributed by atoms with van der Waals surface area (Å²) in [6, 6.07) is 23.2. The molecule has 1 fully saturated rings. The summed E-state index contributed by atoms with van der Waals surface area (Å²) in [6.07, 6.45) is 3.22. The van der Waals surface area contributed by atoms with Crippen LogP contribution in [0.25, 0.3) is 21.9 Å². The minimum absolute atomic E-state index is 0.0546. The Labute approximate surface area is 238 Å². The molecule has 2 N–H and O–H groups in total. The van der Waals surface area contributed by atoms with Crippen molar-refractivity contribution in [1.82, 2.24) is 30.2 Å². The van der Waals surface area contributed by atoms with Gasteiger partial charge in [0.15, 0.2) is 0 Å². The Morgan fingerprint density at radius 2 is 1.73 bits per heavy atom. The van der Waals surface area contributed by atoms with Gasteiger partial charge in [0.1, 0.15) is 11.5 Å². The van der Waals surface area contributed by atoms with Crippen molar-refractivity contribution in [3.63, 3.8) is 0 Å². The first-order valence-electron chi connectivity index (χ1n) is 13.7. The molecule has 2 aromatic heterocycles. The van der Waals surface area contributed by atoms with Crippen molar-refractivity contribution in [3.8, 4) is 0 Å². The summed E-state index contributed by atoms with van der Waals surface area (Å²) < 4.78 is 1.81. The van der Waals surface area contributed by atoms with E-state index in [1.165, 1.54) is 0 Å². The highest BCUT2D eigenvalue weighted by Crippen LogP contribution is 2.33. The van der Waals surface area contributed by atoms with Gasteiger partial charge >= 0.3 is 0 Å². The van der Waals surface area contributed by atoms with Gasteiger partial charge in [0, 0.05) is 23.5 Å². The van der Waals surface area contributed by atoms with Crippen LogP contribution < -0.4 is 16.2 Å². The standard InChI is InChI=1S/C32H33ClN6O/c1-21(17-32(35-20-31(2,3)38-32)28-18-34-25-11-7-8-12-26(25)36-28)15-29-37-27-16-23(33)13-14-24(27)30(40)39(29)19-22-9-5-4-6-10-22/h4-14,16,18,21,35,38H,15,17,19-20H2,1-3H3. The van der Waals surface area contributed by atoms with Crippen LogP contribution in [-0.2, 0) is 18.6 Å². The van der Waals surface area contributed by atoms with E-state index in [2.05, 4.69) is 31.4 Å². The van der Waals surface area contributed by atoms with Crippen LogP contribution in [0.4, 0.5) is 0 Å². The Bertz CT molecular complexity index is 1750. The fourth-order valence-electron chi connectivity index (χ4n) is 5.81. The van der Waals surface area contributed by atoms with Crippen LogP contribution in [0.1, 0.15) is 44.3 Å². The van der Waals surface area contributed by atoms with E-state index in [9.17, 15) is 4.79 Å². The summed E-state index contributed by atoms with van der Waals surface area (Å²) >= 11 is 6.29. The summed E-state index contributed by atoms with van der Waals surface area (Å²) in [7, 11) is 0. The third-order valence-electron chi connectivity index (χ3n) is 7.64. The molecule has 2 atom stereocenters. The molecule has 3 heterocycles. The summed E-state index contributed by atoms with van der Waals surface area (Å²) in [5.41, 5.74) is 3.53. The number of hydrogen-bond acceptors (Lipinski definition) is 6. The molecule has 6 rings (SSSR count). The number of halogens is 1. The lowest BCUT2D eigenvalue weighted by Crippen LogP contribution is -2.51. The second-order valence-electron chi connectivity index (χ2n) is 11.6. The first-order chi connectivity index (χ1) is 19.2. The Morgan fingerprint density at radius 1 is 0.975 bits per heavy atom. The van der Waals surface area contributed by atoms with Gasteiger partial charge in [-0.05, 0) is 62.1 Å². The van der Waals surface area contributed by atoms with Gasteiger partial charge in [-0.25, -0.2) is 9.97 Å². The fraction of sp³-hybridized carbons (Fsp3) is 0.312.